The maximum Gasteiger partial charge on any atom is 0.331 e. The molecule has 78 valence electrons. The van der Waals surface area contributed by atoms with Gasteiger partial charge in [0.1, 0.15) is 10.8 Å². The predicted octanol–water partition coefficient (Wildman–Crippen LogP) is 1.72. The lowest BCUT2D eigenvalue weighted by Gasteiger charge is -2.08. The first-order valence-electron chi connectivity index (χ1n) is 4.29. The normalized spacial score (nSPS) is 24.2. The van der Waals surface area contributed by atoms with Gasteiger partial charge in [-0.3, -0.25) is 4.68 Å². The molecule has 0 amide bonds. The zero-order valence-electron chi connectivity index (χ0n) is 7.83. The van der Waals surface area contributed by atoms with Gasteiger partial charge in [-0.25, -0.2) is 4.21 Å². The van der Waals surface area contributed by atoms with Crippen molar-refractivity contribution >= 4 is 10.8 Å². The van der Waals surface area contributed by atoms with Gasteiger partial charge in [0.2, 0.25) is 0 Å². The molecule has 0 aliphatic carbocycles. The number of alkyl halides is 2. The third-order valence-electron chi connectivity index (χ3n) is 2.14. The van der Waals surface area contributed by atoms with Crippen LogP contribution in [0.2, 0.25) is 0 Å². The van der Waals surface area contributed by atoms with E-state index in [1.165, 1.54) is 6.20 Å². The standard InChI is InChI=1S/C8H10F2N2OS/c1-5(2)12-4-7-6(11-12)3-8(9,10)14(7)13/h4-5H,3H2,1-2H3. The Morgan fingerprint density at radius 3 is 2.79 bits per heavy atom. The van der Waals surface area contributed by atoms with E-state index < -0.39 is 22.5 Å². The SMILES string of the molecule is CC(C)n1cc2c(n1)CC(F)(F)S2=O. The fourth-order valence-corrected chi connectivity index (χ4v) is 2.50. The van der Waals surface area contributed by atoms with Crippen molar-refractivity contribution in [2.75, 3.05) is 0 Å². The molecule has 2 heterocycles. The van der Waals surface area contributed by atoms with Crippen molar-refractivity contribution in [2.45, 2.75) is 36.5 Å². The first-order chi connectivity index (χ1) is 6.42. The van der Waals surface area contributed by atoms with Gasteiger partial charge in [0.05, 0.1) is 17.0 Å². The van der Waals surface area contributed by atoms with E-state index in [-0.39, 0.29) is 16.6 Å². The first-order valence-corrected chi connectivity index (χ1v) is 5.44. The van der Waals surface area contributed by atoms with Crippen LogP contribution in [0.5, 0.6) is 0 Å². The van der Waals surface area contributed by atoms with Gasteiger partial charge in [0.25, 0.3) is 0 Å². The number of fused-ring (bicyclic) bond motifs is 1. The van der Waals surface area contributed by atoms with Gasteiger partial charge in [0, 0.05) is 12.2 Å². The maximum atomic E-state index is 12.9. The van der Waals surface area contributed by atoms with Gasteiger partial charge in [-0.15, -0.1) is 0 Å². The summed E-state index contributed by atoms with van der Waals surface area (Å²) >= 11 is 0. The zero-order chi connectivity index (χ0) is 10.5. The van der Waals surface area contributed by atoms with E-state index in [1.807, 2.05) is 13.8 Å². The number of halogens is 2. The van der Waals surface area contributed by atoms with Crippen molar-refractivity contribution in [1.82, 2.24) is 9.78 Å². The Balaban J connectivity index is 2.43. The summed E-state index contributed by atoms with van der Waals surface area (Å²) in [6.07, 6.45) is 0.950. The molecule has 1 unspecified atom stereocenters. The highest BCUT2D eigenvalue weighted by molar-refractivity contribution is 7.86. The Labute approximate surface area is 82.6 Å². The van der Waals surface area contributed by atoms with E-state index in [1.54, 1.807) is 4.68 Å². The Hall–Kier alpha value is -0.780. The van der Waals surface area contributed by atoms with Crippen LogP contribution in [0.25, 0.3) is 0 Å². The number of aromatic nitrogens is 2. The minimum Gasteiger partial charge on any atom is -0.269 e. The average Bonchev–Trinajstić information content (AvgIpc) is 2.53. The van der Waals surface area contributed by atoms with E-state index in [9.17, 15) is 13.0 Å². The maximum absolute atomic E-state index is 12.9. The molecule has 1 aromatic heterocycles. The highest BCUT2D eigenvalue weighted by Crippen LogP contribution is 2.37. The van der Waals surface area contributed by atoms with Crippen LogP contribution in [-0.2, 0) is 17.2 Å². The van der Waals surface area contributed by atoms with Gasteiger partial charge >= 0.3 is 5.25 Å². The summed E-state index contributed by atoms with van der Waals surface area (Å²) in [7, 11) is -2.22. The van der Waals surface area contributed by atoms with Crippen LogP contribution in [0.15, 0.2) is 11.1 Å². The quantitative estimate of drug-likeness (QED) is 0.722. The topological polar surface area (TPSA) is 34.9 Å². The summed E-state index contributed by atoms with van der Waals surface area (Å²) in [5, 5.41) is 0.849. The molecule has 0 saturated heterocycles. The lowest BCUT2D eigenvalue weighted by Crippen LogP contribution is -2.20. The van der Waals surface area contributed by atoms with E-state index in [0.717, 1.165) is 0 Å². The van der Waals surface area contributed by atoms with Crippen molar-refractivity contribution in [1.29, 1.82) is 0 Å². The van der Waals surface area contributed by atoms with E-state index >= 15 is 0 Å². The van der Waals surface area contributed by atoms with Gasteiger partial charge in [-0.05, 0) is 13.8 Å². The van der Waals surface area contributed by atoms with E-state index in [4.69, 9.17) is 0 Å². The molecule has 1 aromatic rings. The first kappa shape index (κ1) is 9.76. The Kier molecular flexibility index (Phi) is 1.99. The summed E-state index contributed by atoms with van der Waals surface area (Å²) in [6.45, 7) is 3.78. The third kappa shape index (κ3) is 1.28. The minimum atomic E-state index is -3.13. The molecule has 0 radical (unpaired) electrons. The van der Waals surface area contributed by atoms with Gasteiger partial charge in [-0.1, -0.05) is 0 Å². The Morgan fingerprint density at radius 1 is 1.64 bits per heavy atom. The van der Waals surface area contributed by atoms with Crippen LogP contribution < -0.4 is 0 Å². The van der Waals surface area contributed by atoms with Crippen LogP contribution in [-0.4, -0.2) is 19.2 Å². The molecular weight excluding hydrogens is 210 g/mol. The lowest BCUT2D eigenvalue weighted by atomic mass is 10.3. The second-order valence-corrected chi connectivity index (χ2v) is 5.17. The second kappa shape index (κ2) is 2.85. The lowest BCUT2D eigenvalue weighted by molar-refractivity contribution is 0.103. The molecule has 0 fully saturated rings. The van der Waals surface area contributed by atoms with Crippen LogP contribution in [0.1, 0.15) is 25.6 Å². The van der Waals surface area contributed by atoms with Gasteiger partial charge < -0.3 is 0 Å². The van der Waals surface area contributed by atoms with Gasteiger partial charge in [0.15, 0.2) is 0 Å². The molecule has 0 bridgehead atoms. The smallest absolute Gasteiger partial charge is 0.269 e. The average molecular weight is 220 g/mol. The van der Waals surface area contributed by atoms with Crippen molar-refractivity contribution in [3.8, 4) is 0 Å². The predicted molar refractivity (Wildman–Crippen MR) is 47.7 cm³/mol. The monoisotopic (exact) mass is 220 g/mol. The van der Waals surface area contributed by atoms with Crippen LogP contribution in [0.3, 0.4) is 0 Å². The van der Waals surface area contributed by atoms with Crippen LogP contribution >= 0.6 is 0 Å². The highest BCUT2D eigenvalue weighted by atomic mass is 32.2. The molecule has 6 heteroatoms. The summed E-state index contributed by atoms with van der Waals surface area (Å²) < 4.78 is 38.7. The molecule has 3 nitrogen and oxygen atoms in total. The van der Waals surface area contributed by atoms with Crippen LogP contribution in [0, 0.1) is 0 Å². The molecular formula is C8H10F2N2OS. The Morgan fingerprint density at radius 2 is 2.29 bits per heavy atom. The molecule has 0 aromatic carbocycles. The van der Waals surface area contributed by atoms with Crippen molar-refractivity contribution in [3.63, 3.8) is 0 Å². The largest absolute Gasteiger partial charge is 0.331 e. The molecule has 0 N–H and O–H groups in total. The Bertz CT molecular complexity index is 400. The summed E-state index contributed by atoms with van der Waals surface area (Å²) in [5.74, 6) is 0. The van der Waals surface area contributed by atoms with E-state index in [2.05, 4.69) is 5.10 Å². The molecule has 14 heavy (non-hydrogen) atoms. The minimum absolute atomic E-state index is 0.103. The number of hydrogen-bond donors (Lipinski definition) is 0. The van der Waals surface area contributed by atoms with Crippen molar-refractivity contribution in [2.24, 2.45) is 0 Å². The number of hydrogen-bond acceptors (Lipinski definition) is 2. The summed E-state index contributed by atoms with van der Waals surface area (Å²) in [4.78, 5) is 0.184. The molecule has 0 saturated carbocycles. The zero-order valence-corrected chi connectivity index (χ0v) is 8.65. The fourth-order valence-electron chi connectivity index (χ4n) is 1.38. The van der Waals surface area contributed by atoms with Crippen molar-refractivity contribution in [3.05, 3.63) is 11.9 Å². The summed E-state index contributed by atoms with van der Waals surface area (Å²) in [5.41, 5.74) is 0.266. The summed E-state index contributed by atoms with van der Waals surface area (Å²) in [6, 6.07) is 0.103. The van der Waals surface area contributed by atoms with Gasteiger partial charge in [-0.2, -0.15) is 13.9 Å². The van der Waals surface area contributed by atoms with E-state index in [0.29, 0.717) is 0 Å². The fraction of sp³-hybridized carbons (Fsp3) is 0.625. The number of nitrogens with zero attached hydrogens (tertiary/aromatic N) is 2. The molecule has 1 atom stereocenters. The van der Waals surface area contributed by atoms with Crippen molar-refractivity contribution < 1.29 is 13.0 Å². The molecule has 2 rings (SSSR count). The third-order valence-corrected chi connectivity index (χ3v) is 3.57. The number of rotatable bonds is 1. The molecule has 0 spiro atoms. The molecule has 1 aliphatic rings. The van der Waals surface area contributed by atoms with Crippen LogP contribution in [0.4, 0.5) is 8.78 Å². The second-order valence-electron chi connectivity index (χ2n) is 3.60. The highest BCUT2D eigenvalue weighted by Gasteiger charge is 2.47. The molecule has 1 aliphatic heterocycles.